The molecule has 0 aliphatic carbocycles. The molecule has 0 unspecified atom stereocenters. The molecule has 0 fully saturated rings. The van der Waals surface area contributed by atoms with E-state index in [0.29, 0.717) is 16.6 Å². The molecule has 0 atom stereocenters. The monoisotopic (exact) mass is 307 g/mol. The van der Waals surface area contributed by atoms with E-state index < -0.39 is 18.0 Å². The van der Waals surface area contributed by atoms with Gasteiger partial charge in [-0.2, -0.15) is 13.2 Å². The lowest BCUT2D eigenvalue weighted by Gasteiger charge is -2.07. The molecular weight excluding hydrogens is 295 g/mol. The fourth-order valence-electron chi connectivity index (χ4n) is 2.38. The number of nitrogens with one attached hydrogen (secondary N) is 1. The summed E-state index contributed by atoms with van der Waals surface area (Å²) in [5, 5.41) is 19.1. The normalized spacial score (nSPS) is 12.3. The second kappa shape index (κ2) is 5.15. The molecule has 1 aromatic heterocycles. The lowest BCUT2D eigenvalue weighted by atomic mass is 10.0. The van der Waals surface area contributed by atoms with Gasteiger partial charge in [-0.3, -0.25) is 0 Å². The van der Waals surface area contributed by atoms with Gasteiger partial charge in [0.2, 0.25) is 0 Å². The van der Waals surface area contributed by atoms with Crippen molar-refractivity contribution in [1.29, 1.82) is 0 Å². The number of aromatic amines is 1. The number of H-pyrrole nitrogens is 1. The summed E-state index contributed by atoms with van der Waals surface area (Å²) in [4.78, 5) is 2.98. The van der Waals surface area contributed by atoms with Gasteiger partial charge < -0.3 is 15.2 Å². The van der Waals surface area contributed by atoms with Crippen molar-refractivity contribution in [2.75, 3.05) is 0 Å². The van der Waals surface area contributed by atoms with Crippen molar-refractivity contribution >= 4 is 10.9 Å². The van der Waals surface area contributed by atoms with Crippen LogP contribution in [0.2, 0.25) is 0 Å². The first-order valence-corrected chi connectivity index (χ1v) is 6.51. The Balaban J connectivity index is 2.03. The van der Waals surface area contributed by atoms with E-state index in [0.717, 1.165) is 23.1 Å². The van der Waals surface area contributed by atoms with Gasteiger partial charge in [-0.25, -0.2) is 0 Å². The van der Waals surface area contributed by atoms with Crippen LogP contribution in [0.3, 0.4) is 0 Å². The molecule has 0 radical (unpaired) electrons. The van der Waals surface area contributed by atoms with Crippen LogP contribution in [-0.2, 0) is 6.18 Å². The molecule has 0 aliphatic rings. The van der Waals surface area contributed by atoms with Crippen LogP contribution in [0.1, 0.15) is 17.4 Å². The first kappa shape index (κ1) is 14.6. The van der Waals surface area contributed by atoms with Crippen molar-refractivity contribution in [3.8, 4) is 11.1 Å². The third-order valence-electron chi connectivity index (χ3n) is 3.53. The molecule has 0 saturated heterocycles. The lowest BCUT2D eigenvalue weighted by Crippen LogP contribution is -2.03. The molecule has 22 heavy (non-hydrogen) atoms. The molecule has 0 aliphatic heterocycles. The molecule has 0 amide bonds. The molecule has 0 saturated carbocycles. The fourth-order valence-corrected chi connectivity index (χ4v) is 2.38. The average Bonchev–Trinajstić information content (AvgIpc) is 2.89. The van der Waals surface area contributed by atoms with Gasteiger partial charge in [0.05, 0.1) is 5.56 Å². The SMILES string of the molecule is OC(O)c1ccc2c(-c3ccc(C(F)(F)F)cc3)c[nH]c2c1. The van der Waals surface area contributed by atoms with E-state index in [1.807, 2.05) is 0 Å². The topological polar surface area (TPSA) is 56.2 Å². The Bertz CT molecular complexity index is 804. The number of fused-ring (bicyclic) bond motifs is 1. The third-order valence-corrected chi connectivity index (χ3v) is 3.53. The smallest absolute Gasteiger partial charge is 0.364 e. The number of rotatable bonds is 2. The van der Waals surface area contributed by atoms with E-state index in [2.05, 4.69) is 4.98 Å². The second-order valence-electron chi connectivity index (χ2n) is 4.96. The minimum atomic E-state index is -4.36. The standard InChI is InChI=1S/C16H12F3NO2/c17-16(18,19)11-4-1-9(2-5-11)13-8-20-14-7-10(15(21)22)3-6-12(13)14/h1-8,15,20-22H. The maximum absolute atomic E-state index is 12.6. The minimum absolute atomic E-state index is 0.341. The summed E-state index contributed by atoms with van der Waals surface area (Å²) < 4.78 is 37.7. The Hall–Kier alpha value is -2.31. The predicted molar refractivity (Wildman–Crippen MR) is 75.9 cm³/mol. The van der Waals surface area contributed by atoms with Crippen molar-refractivity contribution in [2.24, 2.45) is 0 Å². The Morgan fingerprint density at radius 3 is 2.23 bits per heavy atom. The van der Waals surface area contributed by atoms with Crippen molar-refractivity contribution < 1.29 is 23.4 Å². The first-order valence-electron chi connectivity index (χ1n) is 6.51. The van der Waals surface area contributed by atoms with Gasteiger partial charge in [0, 0.05) is 28.2 Å². The third kappa shape index (κ3) is 2.58. The summed E-state index contributed by atoms with van der Waals surface area (Å²) in [5.41, 5.74) is 1.73. The number of benzene rings is 2. The predicted octanol–water partition coefficient (Wildman–Crippen LogP) is 3.84. The Kier molecular flexibility index (Phi) is 3.42. The molecular formula is C16H12F3NO2. The van der Waals surface area contributed by atoms with Crippen molar-refractivity contribution in [3.05, 3.63) is 59.8 Å². The summed E-state index contributed by atoms with van der Waals surface area (Å²) in [7, 11) is 0. The van der Waals surface area contributed by atoms with Crippen LogP contribution in [0.15, 0.2) is 48.7 Å². The summed E-state index contributed by atoms with van der Waals surface area (Å²) in [6, 6.07) is 9.77. The summed E-state index contributed by atoms with van der Waals surface area (Å²) in [5.74, 6) is 0. The van der Waals surface area contributed by atoms with Crippen LogP contribution >= 0.6 is 0 Å². The highest BCUT2D eigenvalue weighted by atomic mass is 19.4. The van der Waals surface area contributed by atoms with E-state index in [9.17, 15) is 13.2 Å². The zero-order valence-electron chi connectivity index (χ0n) is 11.2. The maximum atomic E-state index is 12.6. The summed E-state index contributed by atoms with van der Waals surface area (Å²) in [6.45, 7) is 0. The molecule has 2 aromatic carbocycles. The van der Waals surface area contributed by atoms with Gasteiger partial charge in [-0.05, 0) is 23.8 Å². The molecule has 114 valence electrons. The molecule has 3 rings (SSSR count). The van der Waals surface area contributed by atoms with Crippen LogP contribution in [0.4, 0.5) is 13.2 Å². The highest BCUT2D eigenvalue weighted by Crippen LogP contribution is 2.33. The van der Waals surface area contributed by atoms with Crippen molar-refractivity contribution in [1.82, 2.24) is 4.98 Å². The molecule has 0 spiro atoms. The van der Waals surface area contributed by atoms with Crippen LogP contribution in [0, 0.1) is 0 Å². The average molecular weight is 307 g/mol. The molecule has 0 bridgehead atoms. The molecule has 6 heteroatoms. The number of aliphatic hydroxyl groups is 2. The van der Waals surface area contributed by atoms with Crippen molar-refractivity contribution in [3.63, 3.8) is 0 Å². The lowest BCUT2D eigenvalue weighted by molar-refractivity contribution is -0.137. The zero-order valence-corrected chi connectivity index (χ0v) is 11.2. The van der Waals surface area contributed by atoms with Gasteiger partial charge in [0.25, 0.3) is 0 Å². The fraction of sp³-hybridized carbons (Fsp3) is 0.125. The Morgan fingerprint density at radius 2 is 1.64 bits per heavy atom. The van der Waals surface area contributed by atoms with Gasteiger partial charge in [0.1, 0.15) is 0 Å². The van der Waals surface area contributed by atoms with Gasteiger partial charge in [0.15, 0.2) is 6.29 Å². The molecule has 1 heterocycles. The van der Waals surface area contributed by atoms with Crippen LogP contribution in [0.25, 0.3) is 22.0 Å². The highest BCUT2D eigenvalue weighted by Gasteiger charge is 2.30. The number of alkyl halides is 3. The number of halogens is 3. The van der Waals surface area contributed by atoms with Crippen LogP contribution in [0.5, 0.6) is 0 Å². The molecule has 3 aromatic rings. The van der Waals surface area contributed by atoms with Gasteiger partial charge in [-0.1, -0.05) is 24.3 Å². The maximum Gasteiger partial charge on any atom is 0.416 e. The van der Waals surface area contributed by atoms with E-state index >= 15 is 0 Å². The van der Waals surface area contributed by atoms with E-state index in [4.69, 9.17) is 10.2 Å². The highest BCUT2D eigenvalue weighted by molar-refractivity contribution is 5.95. The first-order chi connectivity index (χ1) is 10.4. The number of aromatic nitrogens is 1. The number of aliphatic hydroxyl groups excluding tert-OH is 1. The van der Waals surface area contributed by atoms with Gasteiger partial charge >= 0.3 is 6.18 Å². The van der Waals surface area contributed by atoms with E-state index in [1.165, 1.54) is 12.1 Å². The van der Waals surface area contributed by atoms with E-state index in [-0.39, 0.29) is 0 Å². The number of hydrogen-bond acceptors (Lipinski definition) is 2. The van der Waals surface area contributed by atoms with Crippen LogP contribution in [-0.4, -0.2) is 15.2 Å². The Morgan fingerprint density at radius 1 is 0.955 bits per heavy atom. The van der Waals surface area contributed by atoms with Crippen molar-refractivity contribution in [2.45, 2.75) is 12.5 Å². The largest absolute Gasteiger partial charge is 0.416 e. The second-order valence-corrected chi connectivity index (χ2v) is 4.96. The van der Waals surface area contributed by atoms with Crippen LogP contribution < -0.4 is 0 Å². The van der Waals surface area contributed by atoms with E-state index in [1.54, 1.807) is 24.4 Å². The quantitative estimate of drug-likeness (QED) is 0.630. The molecule has 3 N–H and O–H groups in total. The minimum Gasteiger partial charge on any atom is -0.364 e. The molecule has 3 nitrogen and oxygen atoms in total. The summed E-state index contributed by atoms with van der Waals surface area (Å²) >= 11 is 0. The number of hydrogen-bond donors (Lipinski definition) is 3. The zero-order chi connectivity index (χ0) is 15.9. The Labute approximate surface area is 123 Å². The van der Waals surface area contributed by atoms with Gasteiger partial charge in [-0.15, -0.1) is 0 Å². The summed E-state index contributed by atoms with van der Waals surface area (Å²) in [6.07, 6.45) is -4.24.